The highest BCUT2D eigenvalue weighted by atomic mass is 35.5. The van der Waals surface area contributed by atoms with Crippen LogP contribution in [-0.4, -0.2) is 10.2 Å². The quantitative estimate of drug-likeness (QED) is 0.411. The fraction of sp³-hybridized carbons (Fsp3) is 0.308. The predicted octanol–water partition coefficient (Wildman–Crippen LogP) is 6.76. The molecule has 0 radical (unpaired) electrons. The molecule has 0 saturated carbocycles. The molecule has 3 rings (SSSR count). The zero-order valence-electron chi connectivity index (χ0n) is 18.8. The number of benzene rings is 3. The second kappa shape index (κ2) is 8.66. The van der Waals surface area contributed by atoms with Crippen LogP contribution in [0.4, 0.5) is 0 Å². The Hall–Kier alpha value is -1.73. The third-order valence-corrected chi connectivity index (χ3v) is 8.12. The SMILES string of the molecule is CC(C)(C)c1cc(Cl)cc(P(c2ccccc2)c2cc(Cl)cc(C(C)(C)C)c2O)c1O. The van der Waals surface area contributed by atoms with E-state index in [-0.39, 0.29) is 22.3 Å². The first-order valence-electron chi connectivity index (χ1n) is 10.2. The summed E-state index contributed by atoms with van der Waals surface area (Å²) in [4.78, 5) is 0. The zero-order chi connectivity index (χ0) is 23.1. The number of phenols is 2. The fourth-order valence-electron chi connectivity index (χ4n) is 3.64. The van der Waals surface area contributed by atoms with Gasteiger partial charge in [0, 0.05) is 31.8 Å². The van der Waals surface area contributed by atoms with E-state index in [0.29, 0.717) is 20.7 Å². The summed E-state index contributed by atoms with van der Waals surface area (Å²) in [5, 5.41) is 26.3. The maximum atomic E-state index is 11.4. The molecule has 5 heteroatoms. The Morgan fingerprint density at radius 2 is 1.03 bits per heavy atom. The van der Waals surface area contributed by atoms with Gasteiger partial charge in [-0.25, -0.2) is 0 Å². The van der Waals surface area contributed by atoms with E-state index in [1.54, 1.807) is 0 Å². The van der Waals surface area contributed by atoms with Gasteiger partial charge in [-0.3, -0.25) is 0 Å². The van der Waals surface area contributed by atoms with Crippen LogP contribution in [0.1, 0.15) is 52.7 Å². The molecular formula is C26H29Cl2O2P. The van der Waals surface area contributed by atoms with Crippen LogP contribution < -0.4 is 15.9 Å². The average molecular weight is 475 g/mol. The van der Waals surface area contributed by atoms with E-state index in [4.69, 9.17) is 23.2 Å². The molecule has 0 aromatic heterocycles. The fourth-order valence-corrected chi connectivity index (χ4v) is 6.71. The Morgan fingerprint density at radius 3 is 1.39 bits per heavy atom. The van der Waals surface area contributed by atoms with Crippen LogP contribution in [0.5, 0.6) is 11.5 Å². The van der Waals surface area contributed by atoms with E-state index >= 15 is 0 Å². The number of hydrogen-bond acceptors (Lipinski definition) is 2. The maximum absolute atomic E-state index is 11.4. The predicted molar refractivity (Wildman–Crippen MR) is 136 cm³/mol. The normalized spacial score (nSPS) is 12.4. The number of aromatic hydroxyl groups is 2. The van der Waals surface area contributed by atoms with Crippen LogP contribution in [-0.2, 0) is 10.8 Å². The van der Waals surface area contributed by atoms with Crippen molar-refractivity contribution in [2.45, 2.75) is 52.4 Å². The second-order valence-corrected chi connectivity index (χ2v) is 12.8. The van der Waals surface area contributed by atoms with Gasteiger partial charge in [-0.2, -0.15) is 0 Å². The molecule has 164 valence electrons. The molecule has 31 heavy (non-hydrogen) atoms. The third kappa shape index (κ3) is 5.03. The summed E-state index contributed by atoms with van der Waals surface area (Å²) >= 11 is 13.1. The summed E-state index contributed by atoms with van der Waals surface area (Å²) in [5.74, 6) is 0.423. The lowest BCUT2D eigenvalue weighted by Crippen LogP contribution is -2.25. The van der Waals surface area contributed by atoms with Gasteiger partial charge in [-0.05, 0) is 48.3 Å². The molecule has 2 nitrogen and oxygen atoms in total. The summed E-state index contributed by atoms with van der Waals surface area (Å²) in [6.45, 7) is 12.3. The molecule has 2 N–H and O–H groups in total. The Morgan fingerprint density at radius 1 is 0.645 bits per heavy atom. The van der Waals surface area contributed by atoms with E-state index in [1.165, 1.54) is 0 Å². The van der Waals surface area contributed by atoms with Crippen molar-refractivity contribution in [3.8, 4) is 11.5 Å². The van der Waals surface area contributed by atoms with Crippen LogP contribution >= 0.6 is 31.1 Å². The molecule has 3 aromatic carbocycles. The first-order valence-corrected chi connectivity index (χ1v) is 12.3. The largest absolute Gasteiger partial charge is 0.507 e. The standard InChI is InChI=1S/C26H29Cl2O2P/c1-25(2,3)19-12-16(27)14-21(23(19)29)31(18-10-8-7-9-11-18)22-15-17(28)13-20(24(22)30)26(4,5)6/h7-15,29-30H,1-6H3. The maximum Gasteiger partial charge on any atom is 0.127 e. The van der Waals surface area contributed by atoms with Crippen molar-refractivity contribution in [1.29, 1.82) is 0 Å². The van der Waals surface area contributed by atoms with Gasteiger partial charge in [0.05, 0.1) is 0 Å². The van der Waals surface area contributed by atoms with E-state index < -0.39 is 7.92 Å². The van der Waals surface area contributed by atoms with Gasteiger partial charge in [0.25, 0.3) is 0 Å². The molecule has 3 aromatic rings. The minimum absolute atomic E-state index is 0.212. The summed E-state index contributed by atoms with van der Waals surface area (Å²) < 4.78 is 0. The summed E-state index contributed by atoms with van der Waals surface area (Å²) in [5.41, 5.74) is 0.954. The van der Waals surface area contributed by atoms with Gasteiger partial charge in [0.15, 0.2) is 0 Å². The van der Waals surface area contributed by atoms with Gasteiger partial charge >= 0.3 is 0 Å². The van der Waals surface area contributed by atoms with Gasteiger partial charge in [0.2, 0.25) is 0 Å². The van der Waals surface area contributed by atoms with Crippen LogP contribution in [0.25, 0.3) is 0 Å². The molecule has 0 amide bonds. The highest BCUT2D eigenvalue weighted by Gasteiger charge is 2.30. The molecule has 0 spiro atoms. The van der Waals surface area contributed by atoms with E-state index in [1.807, 2.05) is 96.1 Å². The molecule has 0 aliphatic rings. The summed E-state index contributed by atoms with van der Waals surface area (Å²) in [6.07, 6.45) is 0. The minimum atomic E-state index is -1.32. The van der Waals surface area contributed by atoms with Gasteiger partial charge in [-0.1, -0.05) is 95.1 Å². The van der Waals surface area contributed by atoms with Crippen LogP contribution in [0.2, 0.25) is 10.0 Å². The Bertz CT molecular complexity index is 1030. The van der Waals surface area contributed by atoms with Crippen LogP contribution in [0.15, 0.2) is 54.6 Å². The molecular weight excluding hydrogens is 446 g/mol. The first-order chi connectivity index (χ1) is 14.3. The van der Waals surface area contributed by atoms with Crippen molar-refractivity contribution in [2.75, 3.05) is 0 Å². The molecule has 0 unspecified atom stereocenters. The number of hydrogen-bond donors (Lipinski definition) is 2. The zero-order valence-corrected chi connectivity index (χ0v) is 21.2. The molecule has 0 bridgehead atoms. The van der Waals surface area contributed by atoms with Gasteiger partial charge in [0.1, 0.15) is 11.5 Å². The van der Waals surface area contributed by atoms with E-state index in [9.17, 15) is 10.2 Å². The highest BCUT2D eigenvalue weighted by Crippen LogP contribution is 2.45. The molecule has 0 fully saturated rings. The molecule has 0 aliphatic carbocycles. The average Bonchev–Trinajstić information content (AvgIpc) is 2.66. The topological polar surface area (TPSA) is 40.5 Å². The minimum Gasteiger partial charge on any atom is -0.507 e. The van der Waals surface area contributed by atoms with Crippen molar-refractivity contribution in [3.05, 3.63) is 75.8 Å². The van der Waals surface area contributed by atoms with E-state index in [2.05, 4.69) is 0 Å². The van der Waals surface area contributed by atoms with Crippen molar-refractivity contribution in [1.82, 2.24) is 0 Å². The molecule has 0 heterocycles. The Kier molecular flexibility index (Phi) is 6.68. The Balaban J connectivity index is 2.40. The van der Waals surface area contributed by atoms with E-state index in [0.717, 1.165) is 16.4 Å². The summed E-state index contributed by atoms with van der Waals surface area (Å²) in [7, 11) is -1.32. The second-order valence-electron chi connectivity index (χ2n) is 9.81. The number of rotatable bonds is 3. The lowest BCUT2D eigenvalue weighted by molar-refractivity contribution is 0.450. The lowest BCUT2D eigenvalue weighted by atomic mass is 9.86. The van der Waals surface area contributed by atoms with Crippen LogP contribution in [0, 0.1) is 0 Å². The van der Waals surface area contributed by atoms with Crippen molar-refractivity contribution < 1.29 is 10.2 Å². The summed E-state index contributed by atoms with van der Waals surface area (Å²) in [6, 6.07) is 17.2. The molecule has 0 saturated heterocycles. The number of halogens is 2. The molecule has 0 aliphatic heterocycles. The monoisotopic (exact) mass is 474 g/mol. The first kappa shape index (κ1) is 23.9. The number of phenolic OH excluding ortho intramolecular Hbond substituents is 2. The van der Waals surface area contributed by atoms with Crippen molar-refractivity contribution in [3.63, 3.8) is 0 Å². The Labute approximate surface area is 196 Å². The lowest BCUT2D eigenvalue weighted by Gasteiger charge is -2.29. The molecule has 0 atom stereocenters. The highest BCUT2D eigenvalue weighted by molar-refractivity contribution is 7.80. The van der Waals surface area contributed by atoms with Crippen LogP contribution in [0.3, 0.4) is 0 Å². The van der Waals surface area contributed by atoms with Gasteiger partial charge < -0.3 is 10.2 Å². The third-order valence-electron chi connectivity index (χ3n) is 5.22. The van der Waals surface area contributed by atoms with Crippen molar-refractivity contribution >= 4 is 47.0 Å². The smallest absolute Gasteiger partial charge is 0.127 e. The van der Waals surface area contributed by atoms with Crippen molar-refractivity contribution in [2.24, 2.45) is 0 Å². The van der Waals surface area contributed by atoms with Gasteiger partial charge in [-0.15, -0.1) is 0 Å².